The Morgan fingerprint density at radius 3 is 2.68 bits per heavy atom. The topological polar surface area (TPSA) is 118 Å². The minimum Gasteiger partial charge on any atom is -0.395 e. The van der Waals surface area contributed by atoms with Crippen LogP contribution in [-0.2, 0) is 0 Å². The number of aromatic nitrogens is 2. The first-order chi connectivity index (χ1) is 9.04. The smallest absolute Gasteiger partial charge is 0.332 e. The summed E-state index contributed by atoms with van der Waals surface area (Å²) in [6.45, 7) is 1.76. The van der Waals surface area contributed by atoms with Crippen molar-refractivity contribution in [3.05, 3.63) is 15.8 Å². The Labute approximate surface area is 110 Å². The molecular formula is C11H17N5O3. The molecule has 2 rings (SSSR count). The van der Waals surface area contributed by atoms with Crippen LogP contribution in [0.2, 0.25) is 0 Å². The third-order valence-electron chi connectivity index (χ3n) is 3.37. The summed E-state index contributed by atoms with van der Waals surface area (Å²) < 4.78 is 0. The molecule has 19 heavy (non-hydrogen) atoms. The highest BCUT2D eigenvalue weighted by Gasteiger charge is 2.32. The molecule has 1 aromatic rings. The molecule has 1 aliphatic rings. The van der Waals surface area contributed by atoms with Crippen molar-refractivity contribution in [2.75, 3.05) is 23.8 Å². The highest BCUT2D eigenvalue weighted by Crippen LogP contribution is 2.35. The lowest BCUT2D eigenvalue weighted by Gasteiger charge is -2.37. The van der Waals surface area contributed by atoms with Gasteiger partial charge in [-0.25, -0.2) is 4.98 Å². The van der Waals surface area contributed by atoms with Gasteiger partial charge in [0.1, 0.15) is 5.69 Å². The summed E-state index contributed by atoms with van der Waals surface area (Å²) in [5.41, 5.74) is 5.70. The fraction of sp³-hybridized carbons (Fsp3) is 0.636. The van der Waals surface area contributed by atoms with E-state index >= 15 is 0 Å². The van der Waals surface area contributed by atoms with Gasteiger partial charge in [0.2, 0.25) is 11.8 Å². The normalized spacial score (nSPS) is 15.1. The lowest BCUT2D eigenvalue weighted by atomic mass is 9.91. The SMILES string of the molecule is Cc1nc(N)nc(N(CCO)C2CCC2)c1[N+](=O)[O-]. The predicted molar refractivity (Wildman–Crippen MR) is 69.9 cm³/mol. The van der Waals surface area contributed by atoms with Crippen LogP contribution in [0.4, 0.5) is 17.5 Å². The van der Waals surface area contributed by atoms with Crippen molar-refractivity contribution >= 4 is 17.5 Å². The van der Waals surface area contributed by atoms with E-state index in [4.69, 9.17) is 10.8 Å². The molecule has 0 atom stereocenters. The van der Waals surface area contributed by atoms with Crippen LogP contribution < -0.4 is 10.6 Å². The van der Waals surface area contributed by atoms with E-state index in [1.54, 1.807) is 4.90 Å². The van der Waals surface area contributed by atoms with Crippen LogP contribution in [0.3, 0.4) is 0 Å². The van der Waals surface area contributed by atoms with E-state index in [0.717, 1.165) is 19.3 Å². The van der Waals surface area contributed by atoms with E-state index in [0.29, 0.717) is 6.54 Å². The molecule has 8 heteroatoms. The maximum atomic E-state index is 11.2. The molecule has 0 amide bonds. The number of hydrogen-bond acceptors (Lipinski definition) is 7. The maximum absolute atomic E-state index is 11.2. The van der Waals surface area contributed by atoms with E-state index in [1.165, 1.54) is 6.92 Å². The largest absolute Gasteiger partial charge is 0.395 e. The summed E-state index contributed by atoms with van der Waals surface area (Å²) in [5.74, 6) is 0.231. The molecule has 1 saturated carbocycles. The third kappa shape index (κ3) is 2.58. The molecule has 0 saturated heterocycles. The zero-order valence-corrected chi connectivity index (χ0v) is 10.7. The van der Waals surface area contributed by atoms with Gasteiger partial charge in [-0.2, -0.15) is 4.98 Å². The molecule has 1 aliphatic carbocycles. The number of hydrogen-bond donors (Lipinski definition) is 2. The van der Waals surface area contributed by atoms with Gasteiger partial charge in [-0.1, -0.05) is 0 Å². The first kappa shape index (κ1) is 13.5. The van der Waals surface area contributed by atoms with Crippen molar-refractivity contribution in [3.8, 4) is 0 Å². The number of nitrogen functional groups attached to an aromatic ring is 1. The van der Waals surface area contributed by atoms with E-state index in [1.807, 2.05) is 0 Å². The van der Waals surface area contributed by atoms with Crippen molar-refractivity contribution < 1.29 is 10.0 Å². The van der Waals surface area contributed by atoms with Gasteiger partial charge in [0.05, 0.1) is 11.5 Å². The van der Waals surface area contributed by atoms with Gasteiger partial charge in [0, 0.05) is 12.6 Å². The molecule has 0 bridgehead atoms. The fourth-order valence-corrected chi connectivity index (χ4v) is 2.25. The van der Waals surface area contributed by atoms with Gasteiger partial charge >= 0.3 is 5.69 Å². The number of anilines is 2. The van der Waals surface area contributed by atoms with Crippen molar-refractivity contribution in [3.63, 3.8) is 0 Å². The van der Waals surface area contributed by atoms with Crippen LogP contribution in [0.15, 0.2) is 0 Å². The molecule has 1 heterocycles. The first-order valence-corrected chi connectivity index (χ1v) is 6.20. The molecule has 1 fully saturated rings. The lowest BCUT2D eigenvalue weighted by Crippen LogP contribution is -2.43. The van der Waals surface area contributed by atoms with Crippen molar-refractivity contribution in [1.82, 2.24) is 9.97 Å². The minimum atomic E-state index is -0.493. The number of nitrogens with zero attached hydrogens (tertiary/aromatic N) is 4. The van der Waals surface area contributed by atoms with Gasteiger partial charge in [-0.15, -0.1) is 0 Å². The van der Waals surface area contributed by atoms with Crippen molar-refractivity contribution in [1.29, 1.82) is 0 Å². The fourth-order valence-electron chi connectivity index (χ4n) is 2.25. The lowest BCUT2D eigenvalue weighted by molar-refractivity contribution is -0.385. The number of aryl methyl sites for hydroxylation is 1. The number of rotatable bonds is 5. The molecule has 0 aromatic carbocycles. The van der Waals surface area contributed by atoms with Gasteiger partial charge in [0.25, 0.3) is 0 Å². The standard InChI is InChI=1S/C11H17N5O3/c1-7-9(16(18)19)10(14-11(12)13-7)15(5-6-17)8-3-2-4-8/h8,17H,2-6H2,1H3,(H2,12,13,14). The van der Waals surface area contributed by atoms with E-state index in [9.17, 15) is 10.1 Å². The van der Waals surface area contributed by atoms with E-state index in [2.05, 4.69) is 9.97 Å². The number of nitro groups is 1. The quantitative estimate of drug-likeness (QED) is 0.593. The van der Waals surface area contributed by atoms with Crippen LogP contribution in [0.5, 0.6) is 0 Å². The maximum Gasteiger partial charge on any atom is 0.332 e. The Hall–Kier alpha value is -1.96. The Bertz CT molecular complexity index is 489. The van der Waals surface area contributed by atoms with Gasteiger partial charge in [0.15, 0.2) is 0 Å². The monoisotopic (exact) mass is 267 g/mol. The molecule has 1 aromatic heterocycles. The summed E-state index contributed by atoms with van der Waals surface area (Å²) in [7, 11) is 0. The van der Waals surface area contributed by atoms with Crippen LogP contribution in [0.25, 0.3) is 0 Å². The summed E-state index contributed by atoms with van der Waals surface area (Å²) in [5, 5.41) is 20.3. The second-order valence-electron chi connectivity index (χ2n) is 4.60. The average Bonchev–Trinajstić information content (AvgIpc) is 2.24. The summed E-state index contributed by atoms with van der Waals surface area (Å²) in [6.07, 6.45) is 2.97. The van der Waals surface area contributed by atoms with Crippen LogP contribution in [0.1, 0.15) is 25.0 Å². The number of aliphatic hydroxyl groups excluding tert-OH is 1. The average molecular weight is 267 g/mol. The molecule has 0 radical (unpaired) electrons. The summed E-state index contributed by atoms with van der Waals surface area (Å²) >= 11 is 0. The van der Waals surface area contributed by atoms with Crippen LogP contribution >= 0.6 is 0 Å². The molecule has 8 nitrogen and oxygen atoms in total. The van der Waals surface area contributed by atoms with Crippen LogP contribution in [-0.4, -0.2) is 39.2 Å². The molecular weight excluding hydrogens is 250 g/mol. The highest BCUT2D eigenvalue weighted by atomic mass is 16.6. The number of nitrogens with two attached hydrogens (primary N) is 1. The van der Waals surface area contributed by atoms with Gasteiger partial charge in [-0.05, 0) is 26.2 Å². The number of aliphatic hydroxyl groups is 1. The summed E-state index contributed by atoms with van der Waals surface area (Å²) in [4.78, 5) is 20.3. The zero-order chi connectivity index (χ0) is 14.0. The molecule has 0 unspecified atom stereocenters. The highest BCUT2D eigenvalue weighted by molar-refractivity contribution is 5.62. The predicted octanol–water partition coefficient (Wildman–Crippen LogP) is 0.627. The van der Waals surface area contributed by atoms with Gasteiger partial charge in [-0.3, -0.25) is 10.1 Å². The second kappa shape index (κ2) is 5.35. The molecule has 104 valence electrons. The molecule has 0 aliphatic heterocycles. The first-order valence-electron chi connectivity index (χ1n) is 6.20. The molecule has 3 N–H and O–H groups in total. The Morgan fingerprint density at radius 2 is 2.21 bits per heavy atom. The van der Waals surface area contributed by atoms with Crippen molar-refractivity contribution in [2.24, 2.45) is 0 Å². The van der Waals surface area contributed by atoms with E-state index in [-0.39, 0.29) is 35.8 Å². The Kier molecular flexibility index (Phi) is 3.79. The van der Waals surface area contributed by atoms with Crippen LogP contribution in [0, 0.1) is 17.0 Å². The third-order valence-corrected chi connectivity index (χ3v) is 3.37. The van der Waals surface area contributed by atoms with E-state index < -0.39 is 4.92 Å². The minimum absolute atomic E-state index is 0.0142. The molecule has 0 spiro atoms. The Balaban J connectivity index is 2.47. The van der Waals surface area contributed by atoms with Crippen molar-refractivity contribution in [2.45, 2.75) is 32.2 Å². The summed E-state index contributed by atoms with van der Waals surface area (Å²) in [6, 6.07) is 0.180. The Morgan fingerprint density at radius 1 is 1.53 bits per heavy atom. The van der Waals surface area contributed by atoms with Gasteiger partial charge < -0.3 is 15.7 Å². The zero-order valence-electron chi connectivity index (χ0n) is 10.7. The second-order valence-corrected chi connectivity index (χ2v) is 4.60.